The molecule has 6 heteroatoms. The third-order valence-corrected chi connectivity index (χ3v) is 2.38. The zero-order chi connectivity index (χ0) is 14.0. The fourth-order valence-electron chi connectivity index (χ4n) is 1.51. The number of alkyl halides is 2. The van der Waals surface area contributed by atoms with E-state index in [0.717, 1.165) is 18.2 Å². The molecule has 0 spiro atoms. The van der Waals surface area contributed by atoms with Crippen molar-refractivity contribution in [1.82, 2.24) is 0 Å². The van der Waals surface area contributed by atoms with Crippen LogP contribution in [0.1, 0.15) is 12.0 Å². The van der Waals surface area contributed by atoms with Crippen molar-refractivity contribution in [1.29, 1.82) is 0 Å². The molecule has 0 saturated carbocycles. The van der Waals surface area contributed by atoms with Crippen LogP contribution in [0.2, 0.25) is 0 Å². The number of hydrogen-bond acceptors (Lipinski definition) is 2. The molecule has 0 amide bonds. The maximum absolute atomic E-state index is 13.4. The summed E-state index contributed by atoms with van der Waals surface area (Å²) < 4.78 is 56.7. The van der Waals surface area contributed by atoms with Crippen LogP contribution in [0, 0.1) is 11.6 Å². The van der Waals surface area contributed by atoms with E-state index in [0.29, 0.717) is 6.07 Å². The first-order valence-electron chi connectivity index (χ1n) is 5.28. The third kappa shape index (κ3) is 2.96. The number of nitrogen functional groups attached to an aromatic ring is 1. The number of rotatable bonds is 3. The van der Waals surface area contributed by atoms with Crippen molar-refractivity contribution in [3.63, 3.8) is 0 Å². The molecule has 2 aromatic rings. The summed E-state index contributed by atoms with van der Waals surface area (Å²) in [4.78, 5) is 0. The molecule has 0 radical (unpaired) electrons. The number of anilines is 1. The van der Waals surface area contributed by atoms with Crippen LogP contribution < -0.4 is 10.5 Å². The van der Waals surface area contributed by atoms with Gasteiger partial charge in [0.15, 0.2) is 11.6 Å². The van der Waals surface area contributed by atoms with Crippen molar-refractivity contribution in [2.45, 2.75) is 6.43 Å². The molecule has 0 heterocycles. The van der Waals surface area contributed by atoms with E-state index >= 15 is 0 Å². The number of halogens is 4. The summed E-state index contributed by atoms with van der Waals surface area (Å²) in [6, 6.07) is 6.20. The minimum Gasteiger partial charge on any atom is -0.454 e. The van der Waals surface area contributed by atoms with Crippen molar-refractivity contribution in [2.75, 3.05) is 5.73 Å². The van der Waals surface area contributed by atoms with Gasteiger partial charge in [0.05, 0.1) is 5.56 Å². The second kappa shape index (κ2) is 5.17. The molecule has 19 heavy (non-hydrogen) atoms. The molecular weight excluding hydrogens is 262 g/mol. The Morgan fingerprint density at radius 2 is 1.63 bits per heavy atom. The minimum atomic E-state index is -2.82. The normalized spacial score (nSPS) is 10.8. The molecule has 2 rings (SSSR count). The van der Waals surface area contributed by atoms with Crippen LogP contribution in [0.3, 0.4) is 0 Å². The lowest BCUT2D eigenvalue weighted by molar-refractivity contribution is 0.148. The summed E-state index contributed by atoms with van der Waals surface area (Å²) in [5, 5.41) is 0. The van der Waals surface area contributed by atoms with Crippen LogP contribution in [0.15, 0.2) is 36.4 Å². The topological polar surface area (TPSA) is 35.2 Å². The molecule has 2 nitrogen and oxygen atoms in total. The summed E-state index contributed by atoms with van der Waals surface area (Å²) in [5.74, 6) is -2.32. The van der Waals surface area contributed by atoms with E-state index in [9.17, 15) is 17.6 Å². The van der Waals surface area contributed by atoms with Crippen molar-refractivity contribution in [3.8, 4) is 11.5 Å². The molecule has 0 unspecified atom stereocenters. The summed E-state index contributed by atoms with van der Waals surface area (Å²) in [6.45, 7) is 0. The SMILES string of the molecule is Nc1ccc(Oc2ccc(F)cc2F)c(C(F)F)c1. The van der Waals surface area contributed by atoms with Gasteiger partial charge >= 0.3 is 0 Å². The summed E-state index contributed by atoms with van der Waals surface area (Å²) in [7, 11) is 0. The van der Waals surface area contributed by atoms with Gasteiger partial charge in [0.2, 0.25) is 0 Å². The summed E-state index contributed by atoms with van der Waals surface area (Å²) >= 11 is 0. The highest BCUT2D eigenvalue weighted by atomic mass is 19.3. The van der Waals surface area contributed by atoms with E-state index in [2.05, 4.69) is 0 Å². The van der Waals surface area contributed by atoms with Crippen LogP contribution in [-0.2, 0) is 0 Å². The predicted octanol–water partition coefficient (Wildman–Crippen LogP) is 4.28. The van der Waals surface area contributed by atoms with Crippen molar-refractivity contribution < 1.29 is 22.3 Å². The standard InChI is InChI=1S/C13H9F4NO/c14-7-1-3-12(10(15)5-7)19-11-4-2-8(18)6-9(11)13(16)17/h1-6,13H,18H2. The average molecular weight is 271 g/mol. The number of ether oxygens (including phenoxy) is 1. The molecule has 0 aromatic heterocycles. The van der Waals surface area contributed by atoms with Gasteiger partial charge < -0.3 is 10.5 Å². The Hall–Kier alpha value is -2.24. The smallest absolute Gasteiger partial charge is 0.267 e. The third-order valence-electron chi connectivity index (χ3n) is 2.38. The van der Waals surface area contributed by atoms with Gasteiger partial charge in [-0.3, -0.25) is 0 Å². The van der Waals surface area contributed by atoms with E-state index < -0.39 is 23.6 Å². The molecule has 0 fully saturated rings. The number of hydrogen-bond donors (Lipinski definition) is 1. The van der Waals surface area contributed by atoms with E-state index in [1.54, 1.807) is 0 Å². The Morgan fingerprint density at radius 1 is 0.947 bits per heavy atom. The molecule has 0 bridgehead atoms. The second-order valence-corrected chi connectivity index (χ2v) is 3.77. The van der Waals surface area contributed by atoms with E-state index in [-0.39, 0.29) is 17.2 Å². The van der Waals surface area contributed by atoms with Gasteiger partial charge in [-0.25, -0.2) is 17.6 Å². The highest BCUT2D eigenvalue weighted by Gasteiger charge is 2.16. The summed E-state index contributed by atoms with van der Waals surface area (Å²) in [6.07, 6.45) is -2.82. The Kier molecular flexibility index (Phi) is 3.59. The Morgan fingerprint density at radius 3 is 2.26 bits per heavy atom. The van der Waals surface area contributed by atoms with Gasteiger partial charge in [-0.15, -0.1) is 0 Å². The highest BCUT2D eigenvalue weighted by molar-refractivity contribution is 5.49. The zero-order valence-electron chi connectivity index (χ0n) is 9.54. The lowest BCUT2D eigenvalue weighted by Gasteiger charge is -2.12. The van der Waals surface area contributed by atoms with E-state index in [1.807, 2.05) is 0 Å². The lowest BCUT2D eigenvalue weighted by atomic mass is 10.2. The van der Waals surface area contributed by atoms with Gasteiger partial charge in [0.1, 0.15) is 11.6 Å². The second-order valence-electron chi connectivity index (χ2n) is 3.77. The van der Waals surface area contributed by atoms with Crippen LogP contribution >= 0.6 is 0 Å². The van der Waals surface area contributed by atoms with Crippen LogP contribution in [0.5, 0.6) is 11.5 Å². The predicted molar refractivity (Wildman–Crippen MR) is 62.2 cm³/mol. The van der Waals surface area contributed by atoms with Crippen molar-refractivity contribution in [3.05, 3.63) is 53.6 Å². The molecule has 0 atom stereocenters. The van der Waals surface area contributed by atoms with Gasteiger partial charge in [0.25, 0.3) is 6.43 Å². The quantitative estimate of drug-likeness (QED) is 0.668. The maximum Gasteiger partial charge on any atom is 0.267 e. The zero-order valence-corrected chi connectivity index (χ0v) is 9.54. The molecule has 2 N–H and O–H groups in total. The number of benzene rings is 2. The van der Waals surface area contributed by atoms with E-state index in [4.69, 9.17) is 10.5 Å². The van der Waals surface area contributed by atoms with Crippen LogP contribution in [0.4, 0.5) is 23.2 Å². The molecule has 0 saturated heterocycles. The van der Waals surface area contributed by atoms with Crippen molar-refractivity contribution in [2.24, 2.45) is 0 Å². The first-order valence-corrected chi connectivity index (χ1v) is 5.28. The largest absolute Gasteiger partial charge is 0.454 e. The lowest BCUT2D eigenvalue weighted by Crippen LogP contribution is -1.96. The van der Waals surface area contributed by atoms with Gasteiger partial charge in [-0.2, -0.15) is 0 Å². The molecule has 0 aliphatic carbocycles. The first kappa shape index (κ1) is 13.2. The average Bonchev–Trinajstić information content (AvgIpc) is 2.34. The van der Waals surface area contributed by atoms with Crippen LogP contribution in [0.25, 0.3) is 0 Å². The fourth-order valence-corrected chi connectivity index (χ4v) is 1.51. The Labute approximate surface area is 106 Å². The molecule has 0 aliphatic rings. The Bertz CT molecular complexity index is 601. The highest BCUT2D eigenvalue weighted by Crippen LogP contribution is 2.34. The Balaban J connectivity index is 2.38. The maximum atomic E-state index is 13.4. The molecular formula is C13H9F4NO. The van der Waals surface area contributed by atoms with Gasteiger partial charge in [-0.1, -0.05) is 0 Å². The molecule has 2 aromatic carbocycles. The minimum absolute atomic E-state index is 0.141. The summed E-state index contributed by atoms with van der Waals surface area (Å²) in [5.41, 5.74) is 5.08. The van der Waals surface area contributed by atoms with Gasteiger partial charge in [0, 0.05) is 11.8 Å². The number of nitrogens with two attached hydrogens (primary N) is 1. The van der Waals surface area contributed by atoms with Gasteiger partial charge in [-0.05, 0) is 30.3 Å². The van der Waals surface area contributed by atoms with E-state index in [1.165, 1.54) is 12.1 Å². The fraction of sp³-hybridized carbons (Fsp3) is 0.0769. The molecule has 100 valence electrons. The first-order chi connectivity index (χ1) is 8.97. The van der Waals surface area contributed by atoms with Crippen molar-refractivity contribution >= 4 is 5.69 Å². The molecule has 0 aliphatic heterocycles. The van der Waals surface area contributed by atoms with Crippen LogP contribution in [-0.4, -0.2) is 0 Å². The monoisotopic (exact) mass is 271 g/mol.